The summed E-state index contributed by atoms with van der Waals surface area (Å²) < 4.78 is 15.8. The van der Waals surface area contributed by atoms with Gasteiger partial charge in [0.1, 0.15) is 18.0 Å². The lowest BCUT2D eigenvalue weighted by Gasteiger charge is -2.32. The average molecular weight is 464 g/mol. The zero-order valence-corrected chi connectivity index (χ0v) is 21.4. The molecule has 33 heavy (non-hydrogen) atoms. The molecule has 1 amide bonds. The Labute approximate surface area is 198 Å². The van der Waals surface area contributed by atoms with Gasteiger partial charge in [0.2, 0.25) is 5.91 Å². The maximum Gasteiger partial charge on any atom is 0.307 e. The van der Waals surface area contributed by atoms with Crippen LogP contribution in [-0.2, 0) is 30.3 Å². The van der Waals surface area contributed by atoms with Gasteiger partial charge in [-0.2, -0.15) is 0 Å². The largest absolute Gasteiger partial charge is 0.497 e. The molecule has 7 heteroatoms. The molecule has 0 spiro atoms. The van der Waals surface area contributed by atoms with Gasteiger partial charge >= 0.3 is 11.9 Å². The summed E-state index contributed by atoms with van der Waals surface area (Å²) in [7, 11) is 1.63. The van der Waals surface area contributed by atoms with Crippen molar-refractivity contribution >= 4 is 17.8 Å². The molecule has 1 aromatic rings. The van der Waals surface area contributed by atoms with E-state index in [1.807, 2.05) is 45.0 Å². The Bertz CT molecular complexity index is 773. The molecular weight excluding hydrogens is 422 g/mol. The van der Waals surface area contributed by atoms with Crippen molar-refractivity contribution in [3.63, 3.8) is 0 Å². The van der Waals surface area contributed by atoms with Gasteiger partial charge < -0.3 is 19.5 Å². The molecule has 1 N–H and O–H groups in total. The monoisotopic (exact) mass is 463 g/mol. The Balaban J connectivity index is 2.88. The Morgan fingerprint density at radius 3 is 2.09 bits per heavy atom. The van der Waals surface area contributed by atoms with Crippen molar-refractivity contribution in [3.8, 4) is 5.75 Å². The number of ether oxygens (including phenoxy) is 3. The van der Waals surface area contributed by atoms with Crippen molar-refractivity contribution in [2.24, 2.45) is 11.3 Å². The Hall–Kier alpha value is -2.57. The highest BCUT2D eigenvalue weighted by molar-refractivity contribution is 5.84. The fourth-order valence-electron chi connectivity index (χ4n) is 3.25. The van der Waals surface area contributed by atoms with Gasteiger partial charge in [0.15, 0.2) is 0 Å². The molecule has 2 atom stereocenters. The molecule has 0 saturated heterocycles. The van der Waals surface area contributed by atoms with Crippen LogP contribution >= 0.6 is 0 Å². The number of carbonyl (C=O) groups is 3. The second-order valence-electron chi connectivity index (χ2n) is 10.5. The lowest BCUT2D eigenvalue weighted by atomic mass is 9.86. The minimum absolute atomic E-state index is 0.00383. The molecule has 0 aliphatic heterocycles. The fraction of sp³-hybridized carbons (Fsp3) is 0.654. The van der Waals surface area contributed by atoms with Crippen LogP contribution in [0.2, 0.25) is 0 Å². The molecule has 0 aliphatic carbocycles. The van der Waals surface area contributed by atoms with Crippen molar-refractivity contribution < 1.29 is 28.6 Å². The number of nitrogens with one attached hydrogen (secondary N) is 1. The van der Waals surface area contributed by atoms with Crippen LogP contribution in [0.5, 0.6) is 5.75 Å². The first-order valence-electron chi connectivity index (χ1n) is 11.5. The number of amides is 1. The van der Waals surface area contributed by atoms with Crippen LogP contribution in [0.4, 0.5) is 0 Å². The van der Waals surface area contributed by atoms with Crippen LogP contribution in [0.1, 0.15) is 73.3 Å². The molecule has 186 valence electrons. The van der Waals surface area contributed by atoms with Gasteiger partial charge in [-0.1, -0.05) is 32.9 Å². The Kier molecular flexibility index (Phi) is 10.9. The molecular formula is C26H41NO6. The third-order valence-electron chi connectivity index (χ3n) is 5.20. The quantitative estimate of drug-likeness (QED) is 0.487. The minimum atomic E-state index is -0.621. The molecule has 0 aromatic heterocycles. The van der Waals surface area contributed by atoms with Crippen molar-refractivity contribution in [2.45, 2.75) is 85.8 Å². The van der Waals surface area contributed by atoms with E-state index in [4.69, 9.17) is 14.2 Å². The number of rotatable bonds is 11. The Morgan fingerprint density at radius 2 is 1.61 bits per heavy atom. The molecule has 1 rings (SSSR count). The Morgan fingerprint density at radius 1 is 1.00 bits per heavy atom. The number of benzene rings is 1. The molecule has 0 heterocycles. The standard InChI is InChI=1S/C26H41NO6/c1-18(28)32-17-22(25(2,3)4)27-24(30)20(16-23(29)33-26(5,6)7)11-9-10-19-12-14-21(31-8)15-13-19/h12-15,20,22H,9-11,16-17H2,1-8H3,(H,27,30)/t20-,22-/m1/s1. The van der Waals surface area contributed by atoms with Gasteiger partial charge in [-0.05, 0) is 63.1 Å². The van der Waals surface area contributed by atoms with E-state index in [0.717, 1.165) is 24.2 Å². The summed E-state index contributed by atoms with van der Waals surface area (Å²) in [5.41, 5.74) is 0.185. The third kappa shape index (κ3) is 11.7. The fourth-order valence-corrected chi connectivity index (χ4v) is 3.25. The van der Waals surface area contributed by atoms with Crippen molar-refractivity contribution in [2.75, 3.05) is 13.7 Å². The topological polar surface area (TPSA) is 90.9 Å². The second kappa shape index (κ2) is 12.6. The number of esters is 2. The highest BCUT2D eigenvalue weighted by Gasteiger charge is 2.31. The van der Waals surface area contributed by atoms with Crippen LogP contribution in [0.25, 0.3) is 0 Å². The molecule has 0 unspecified atom stereocenters. The van der Waals surface area contributed by atoms with E-state index in [0.29, 0.717) is 6.42 Å². The SMILES string of the molecule is COc1ccc(CCC[C@H](CC(=O)OC(C)(C)C)C(=O)N[C@H](COC(C)=O)C(C)(C)C)cc1. The first-order valence-corrected chi connectivity index (χ1v) is 11.5. The highest BCUT2D eigenvalue weighted by atomic mass is 16.6. The summed E-state index contributed by atoms with van der Waals surface area (Å²) in [6.07, 6.45) is 2.03. The van der Waals surface area contributed by atoms with E-state index < -0.39 is 23.5 Å². The maximum absolute atomic E-state index is 13.2. The predicted octanol–water partition coefficient (Wildman–Crippen LogP) is 4.46. The number of carbonyl (C=O) groups excluding carboxylic acids is 3. The van der Waals surface area contributed by atoms with Gasteiger partial charge in [0, 0.05) is 12.8 Å². The van der Waals surface area contributed by atoms with Crippen LogP contribution in [0.15, 0.2) is 24.3 Å². The maximum atomic E-state index is 13.2. The van der Waals surface area contributed by atoms with Gasteiger partial charge in [0.05, 0.1) is 19.6 Å². The lowest BCUT2D eigenvalue weighted by Crippen LogP contribution is -2.49. The normalized spacial score (nSPS) is 13.6. The minimum Gasteiger partial charge on any atom is -0.497 e. The second-order valence-corrected chi connectivity index (χ2v) is 10.5. The zero-order chi connectivity index (χ0) is 25.2. The lowest BCUT2D eigenvalue weighted by molar-refractivity contribution is -0.157. The zero-order valence-electron chi connectivity index (χ0n) is 21.4. The van der Waals surface area contributed by atoms with Crippen LogP contribution in [0.3, 0.4) is 0 Å². The molecule has 7 nitrogen and oxygen atoms in total. The summed E-state index contributed by atoms with van der Waals surface area (Å²) >= 11 is 0. The van der Waals surface area contributed by atoms with Gasteiger partial charge in [-0.3, -0.25) is 14.4 Å². The van der Waals surface area contributed by atoms with Gasteiger partial charge in [-0.15, -0.1) is 0 Å². The van der Waals surface area contributed by atoms with Crippen LogP contribution in [-0.4, -0.2) is 43.2 Å². The van der Waals surface area contributed by atoms with Gasteiger partial charge in [-0.25, -0.2) is 0 Å². The smallest absolute Gasteiger partial charge is 0.307 e. The molecule has 1 aromatic carbocycles. The first kappa shape index (κ1) is 28.5. The van der Waals surface area contributed by atoms with Crippen LogP contribution < -0.4 is 10.1 Å². The highest BCUT2D eigenvalue weighted by Crippen LogP contribution is 2.23. The van der Waals surface area contributed by atoms with E-state index in [1.165, 1.54) is 6.92 Å². The molecule has 0 fully saturated rings. The summed E-state index contributed by atoms with van der Waals surface area (Å²) in [5.74, 6) is -0.785. The predicted molar refractivity (Wildman–Crippen MR) is 128 cm³/mol. The summed E-state index contributed by atoms with van der Waals surface area (Å²) in [6.45, 7) is 12.7. The van der Waals surface area contributed by atoms with Crippen molar-refractivity contribution in [3.05, 3.63) is 29.8 Å². The number of aryl methyl sites for hydroxylation is 1. The van der Waals surface area contributed by atoms with Gasteiger partial charge in [0.25, 0.3) is 0 Å². The average Bonchev–Trinajstić information content (AvgIpc) is 2.68. The summed E-state index contributed by atoms with van der Waals surface area (Å²) in [5, 5.41) is 3.00. The van der Waals surface area contributed by atoms with E-state index >= 15 is 0 Å². The van der Waals surface area contributed by atoms with E-state index in [9.17, 15) is 14.4 Å². The molecule has 0 bridgehead atoms. The third-order valence-corrected chi connectivity index (χ3v) is 5.20. The van der Waals surface area contributed by atoms with E-state index in [-0.39, 0.29) is 30.4 Å². The number of hydrogen-bond donors (Lipinski definition) is 1. The van der Waals surface area contributed by atoms with E-state index in [2.05, 4.69) is 5.32 Å². The molecule has 0 radical (unpaired) electrons. The molecule has 0 aliphatic rings. The molecule has 0 saturated carbocycles. The first-order chi connectivity index (χ1) is 15.2. The van der Waals surface area contributed by atoms with Crippen LogP contribution in [0, 0.1) is 11.3 Å². The van der Waals surface area contributed by atoms with Crippen molar-refractivity contribution in [1.82, 2.24) is 5.32 Å². The number of methoxy groups -OCH3 is 1. The van der Waals surface area contributed by atoms with Crippen molar-refractivity contribution in [1.29, 1.82) is 0 Å². The summed E-state index contributed by atoms with van der Waals surface area (Å²) in [6, 6.07) is 7.43. The number of hydrogen-bond acceptors (Lipinski definition) is 6. The van der Waals surface area contributed by atoms with E-state index in [1.54, 1.807) is 27.9 Å². The summed E-state index contributed by atoms with van der Waals surface area (Å²) in [4.78, 5) is 37.0.